The van der Waals surface area contributed by atoms with E-state index in [2.05, 4.69) is 10.6 Å². The van der Waals surface area contributed by atoms with Crippen LogP contribution in [0.4, 0.5) is 11.4 Å². The molecule has 1 saturated heterocycles. The summed E-state index contributed by atoms with van der Waals surface area (Å²) in [4.78, 5) is 15.0. The fraction of sp³-hybridized carbons (Fsp3) is 0.316. The summed E-state index contributed by atoms with van der Waals surface area (Å²) in [6, 6.07) is 19.8. The van der Waals surface area contributed by atoms with Gasteiger partial charge in [-0.05, 0) is 50.2 Å². The predicted molar refractivity (Wildman–Crippen MR) is 94.8 cm³/mol. The van der Waals surface area contributed by atoms with Crippen molar-refractivity contribution in [2.45, 2.75) is 18.4 Å². The maximum Gasteiger partial charge on any atom is 0.252 e. The van der Waals surface area contributed by atoms with Crippen LogP contribution in [0.25, 0.3) is 0 Å². The molecule has 0 unspecified atom stereocenters. The standard InChI is InChI=1S/C19H23N3O/c1-22(17-10-6-3-7-11-17)18(23)19(12-14-20-15-13-19)21-16-8-4-2-5-9-16/h2-11,20-21H,12-15H2,1H3. The molecule has 0 atom stereocenters. The van der Waals surface area contributed by atoms with Gasteiger partial charge in [0.25, 0.3) is 5.91 Å². The van der Waals surface area contributed by atoms with Crippen molar-refractivity contribution in [1.82, 2.24) is 5.32 Å². The van der Waals surface area contributed by atoms with Gasteiger partial charge in [-0.3, -0.25) is 4.79 Å². The number of benzene rings is 2. The SMILES string of the molecule is CN(C(=O)C1(Nc2ccccc2)CCNCC1)c1ccccc1. The number of para-hydroxylation sites is 2. The maximum absolute atomic E-state index is 13.3. The van der Waals surface area contributed by atoms with E-state index in [0.717, 1.165) is 37.3 Å². The first-order valence-corrected chi connectivity index (χ1v) is 8.08. The van der Waals surface area contributed by atoms with Gasteiger partial charge in [-0.25, -0.2) is 0 Å². The molecule has 120 valence electrons. The lowest BCUT2D eigenvalue weighted by atomic mass is 9.86. The third-order valence-electron chi connectivity index (χ3n) is 4.47. The summed E-state index contributed by atoms with van der Waals surface area (Å²) in [7, 11) is 1.86. The van der Waals surface area contributed by atoms with E-state index in [4.69, 9.17) is 0 Å². The van der Waals surface area contributed by atoms with E-state index in [0.29, 0.717) is 0 Å². The summed E-state index contributed by atoms with van der Waals surface area (Å²) in [6.07, 6.45) is 1.55. The number of carbonyl (C=O) groups is 1. The van der Waals surface area contributed by atoms with E-state index in [1.54, 1.807) is 4.90 Å². The molecular formula is C19H23N3O. The highest BCUT2D eigenvalue weighted by molar-refractivity contribution is 6.01. The lowest BCUT2D eigenvalue weighted by Gasteiger charge is -2.40. The summed E-state index contributed by atoms with van der Waals surface area (Å²) >= 11 is 0. The van der Waals surface area contributed by atoms with E-state index in [9.17, 15) is 4.79 Å². The van der Waals surface area contributed by atoms with Gasteiger partial charge in [0, 0.05) is 18.4 Å². The second kappa shape index (κ2) is 6.84. The van der Waals surface area contributed by atoms with E-state index < -0.39 is 5.54 Å². The van der Waals surface area contributed by atoms with Crippen molar-refractivity contribution >= 4 is 17.3 Å². The lowest BCUT2D eigenvalue weighted by Crippen LogP contribution is -2.58. The molecule has 4 heteroatoms. The molecule has 0 saturated carbocycles. The molecule has 1 aliphatic heterocycles. The average molecular weight is 309 g/mol. The Morgan fingerprint density at radius 2 is 1.57 bits per heavy atom. The number of hydrogen-bond acceptors (Lipinski definition) is 3. The fourth-order valence-electron chi connectivity index (χ4n) is 3.13. The lowest BCUT2D eigenvalue weighted by molar-refractivity contribution is -0.123. The van der Waals surface area contributed by atoms with Crippen LogP contribution in [0.3, 0.4) is 0 Å². The van der Waals surface area contributed by atoms with Crippen LogP contribution in [-0.2, 0) is 4.79 Å². The van der Waals surface area contributed by atoms with Gasteiger partial charge in [0.05, 0.1) is 0 Å². The van der Waals surface area contributed by atoms with Crippen molar-refractivity contribution in [2.75, 3.05) is 30.4 Å². The molecule has 3 rings (SSSR count). The summed E-state index contributed by atoms with van der Waals surface area (Å²) in [6.45, 7) is 1.68. The van der Waals surface area contributed by atoms with Crippen LogP contribution in [0.1, 0.15) is 12.8 Å². The van der Waals surface area contributed by atoms with Crippen LogP contribution in [0.2, 0.25) is 0 Å². The molecule has 2 N–H and O–H groups in total. The van der Waals surface area contributed by atoms with Crippen molar-refractivity contribution in [3.8, 4) is 0 Å². The normalized spacial score (nSPS) is 16.6. The Kier molecular flexibility index (Phi) is 4.63. The quantitative estimate of drug-likeness (QED) is 0.913. The third kappa shape index (κ3) is 3.37. The first-order chi connectivity index (χ1) is 11.2. The van der Waals surface area contributed by atoms with Crippen molar-refractivity contribution < 1.29 is 4.79 Å². The second-order valence-electron chi connectivity index (χ2n) is 6.02. The van der Waals surface area contributed by atoms with Gasteiger partial charge < -0.3 is 15.5 Å². The van der Waals surface area contributed by atoms with Crippen LogP contribution in [0, 0.1) is 0 Å². The van der Waals surface area contributed by atoms with E-state index >= 15 is 0 Å². The Morgan fingerprint density at radius 1 is 1.00 bits per heavy atom. The molecule has 1 aliphatic rings. The fourth-order valence-corrected chi connectivity index (χ4v) is 3.13. The third-order valence-corrected chi connectivity index (χ3v) is 4.47. The van der Waals surface area contributed by atoms with Gasteiger partial charge in [0.2, 0.25) is 0 Å². The molecule has 1 heterocycles. The number of likely N-dealkylation sites (N-methyl/N-ethyl adjacent to an activating group) is 1. The van der Waals surface area contributed by atoms with Crippen molar-refractivity contribution in [2.24, 2.45) is 0 Å². The highest BCUT2D eigenvalue weighted by atomic mass is 16.2. The molecule has 1 amide bonds. The molecule has 0 radical (unpaired) electrons. The maximum atomic E-state index is 13.3. The van der Waals surface area contributed by atoms with Crippen LogP contribution < -0.4 is 15.5 Å². The Bertz CT molecular complexity index is 636. The Labute approximate surface area is 137 Å². The number of hydrogen-bond donors (Lipinski definition) is 2. The van der Waals surface area contributed by atoms with Gasteiger partial charge in [0.1, 0.15) is 5.54 Å². The van der Waals surface area contributed by atoms with E-state index in [1.807, 2.05) is 67.7 Å². The van der Waals surface area contributed by atoms with Crippen LogP contribution >= 0.6 is 0 Å². The van der Waals surface area contributed by atoms with Crippen molar-refractivity contribution in [3.63, 3.8) is 0 Å². The monoisotopic (exact) mass is 309 g/mol. The highest BCUT2D eigenvalue weighted by Crippen LogP contribution is 2.28. The van der Waals surface area contributed by atoms with E-state index in [1.165, 1.54) is 0 Å². The highest BCUT2D eigenvalue weighted by Gasteiger charge is 2.41. The minimum absolute atomic E-state index is 0.119. The van der Waals surface area contributed by atoms with Crippen LogP contribution in [0.15, 0.2) is 60.7 Å². The largest absolute Gasteiger partial charge is 0.371 e. The molecule has 2 aromatic carbocycles. The Morgan fingerprint density at radius 3 is 2.17 bits per heavy atom. The minimum Gasteiger partial charge on any atom is -0.371 e. The Hall–Kier alpha value is -2.33. The molecule has 0 bridgehead atoms. The summed E-state index contributed by atoms with van der Waals surface area (Å²) in [5, 5.41) is 6.86. The first-order valence-electron chi connectivity index (χ1n) is 8.08. The van der Waals surface area contributed by atoms with Gasteiger partial charge in [-0.1, -0.05) is 36.4 Å². The molecule has 1 fully saturated rings. The number of rotatable bonds is 4. The van der Waals surface area contributed by atoms with Crippen molar-refractivity contribution in [3.05, 3.63) is 60.7 Å². The number of nitrogens with one attached hydrogen (secondary N) is 2. The van der Waals surface area contributed by atoms with Gasteiger partial charge >= 0.3 is 0 Å². The van der Waals surface area contributed by atoms with Crippen LogP contribution in [-0.4, -0.2) is 31.6 Å². The van der Waals surface area contributed by atoms with Crippen LogP contribution in [0.5, 0.6) is 0 Å². The number of carbonyl (C=O) groups excluding carboxylic acids is 1. The second-order valence-corrected chi connectivity index (χ2v) is 6.02. The molecule has 4 nitrogen and oxygen atoms in total. The number of piperidine rings is 1. The molecule has 23 heavy (non-hydrogen) atoms. The summed E-state index contributed by atoms with van der Waals surface area (Å²) < 4.78 is 0. The predicted octanol–water partition coefficient (Wildman–Crippen LogP) is 2.88. The van der Waals surface area contributed by atoms with E-state index in [-0.39, 0.29) is 5.91 Å². The molecular weight excluding hydrogens is 286 g/mol. The Balaban J connectivity index is 1.87. The smallest absolute Gasteiger partial charge is 0.252 e. The molecule has 2 aromatic rings. The minimum atomic E-state index is -0.558. The topological polar surface area (TPSA) is 44.4 Å². The zero-order valence-corrected chi connectivity index (χ0v) is 13.5. The first kappa shape index (κ1) is 15.6. The van der Waals surface area contributed by atoms with Gasteiger partial charge in [0.15, 0.2) is 0 Å². The summed E-state index contributed by atoms with van der Waals surface area (Å²) in [5.74, 6) is 0.119. The number of anilines is 2. The molecule has 0 aromatic heterocycles. The van der Waals surface area contributed by atoms with Gasteiger partial charge in [-0.15, -0.1) is 0 Å². The zero-order chi connectivity index (χ0) is 16.1. The van der Waals surface area contributed by atoms with Crippen molar-refractivity contribution in [1.29, 1.82) is 0 Å². The zero-order valence-electron chi connectivity index (χ0n) is 13.5. The molecule has 0 aliphatic carbocycles. The summed E-state index contributed by atoms with van der Waals surface area (Å²) in [5.41, 5.74) is 1.35. The molecule has 0 spiro atoms. The number of nitrogens with zero attached hydrogens (tertiary/aromatic N) is 1. The number of amides is 1. The average Bonchev–Trinajstić information content (AvgIpc) is 2.63. The van der Waals surface area contributed by atoms with Gasteiger partial charge in [-0.2, -0.15) is 0 Å².